The summed E-state index contributed by atoms with van der Waals surface area (Å²) in [5, 5.41) is 7.61. The number of carbonyl (C=O) groups excluding carboxylic acids is 5. The zero-order valence-electron chi connectivity index (χ0n) is 23.6. The number of ether oxygens (including phenoxy) is 2. The molecule has 2 aromatic rings. The van der Waals surface area contributed by atoms with Crippen molar-refractivity contribution in [2.45, 2.75) is 57.7 Å². The molecule has 0 radical (unpaired) electrons. The van der Waals surface area contributed by atoms with Gasteiger partial charge in [0, 0.05) is 18.9 Å². The number of hydrogen-bond acceptors (Lipinski definition) is 8. The van der Waals surface area contributed by atoms with E-state index >= 15 is 0 Å². The fraction of sp³-hybridized carbons (Fsp3) is 0.433. The first kappa shape index (κ1) is 31.4. The van der Waals surface area contributed by atoms with Crippen LogP contribution in [0.15, 0.2) is 48.5 Å². The Hall–Kier alpha value is -4.09. The maximum Gasteiger partial charge on any atom is 0.332 e. The summed E-state index contributed by atoms with van der Waals surface area (Å²) in [6, 6.07) is 13.6. The highest BCUT2D eigenvalue weighted by molar-refractivity contribution is 5.92. The highest BCUT2D eigenvalue weighted by atomic mass is 16.6. The molecule has 11 nitrogen and oxygen atoms in total. The van der Waals surface area contributed by atoms with Crippen molar-refractivity contribution in [3.63, 3.8) is 0 Å². The van der Waals surface area contributed by atoms with E-state index in [-0.39, 0.29) is 44.5 Å². The molecule has 220 valence electrons. The van der Waals surface area contributed by atoms with Crippen LogP contribution in [0.25, 0.3) is 11.1 Å². The molecule has 2 aromatic carbocycles. The molecule has 1 aliphatic carbocycles. The molecule has 3 unspecified atom stereocenters. The molecule has 3 rings (SSSR count). The van der Waals surface area contributed by atoms with Crippen LogP contribution in [-0.4, -0.2) is 74.0 Å². The maximum absolute atomic E-state index is 12.2. The van der Waals surface area contributed by atoms with E-state index < -0.39 is 41.8 Å². The Labute approximate surface area is 239 Å². The van der Waals surface area contributed by atoms with Crippen molar-refractivity contribution >= 4 is 29.5 Å². The molecule has 0 heterocycles. The number of fused-ring (bicyclic) bond motifs is 3. The first-order chi connectivity index (χ1) is 19.6. The molecule has 11 heteroatoms. The maximum atomic E-state index is 12.2. The number of benzene rings is 2. The highest BCUT2D eigenvalue weighted by Crippen LogP contribution is 2.44. The van der Waals surface area contributed by atoms with E-state index in [1.54, 1.807) is 0 Å². The van der Waals surface area contributed by atoms with E-state index in [1.807, 2.05) is 36.4 Å². The van der Waals surface area contributed by atoms with Crippen LogP contribution in [0.4, 0.5) is 0 Å². The predicted molar refractivity (Wildman–Crippen MR) is 152 cm³/mol. The average Bonchev–Trinajstić information content (AvgIpc) is 3.27. The van der Waals surface area contributed by atoms with Gasteiger partial charge in [-0.1, -0.05) is 48.5 Å². The van der Waals surface area contributed by atoms with E-state index in [1.165, 1.54) is 20.8 Å². The summed E-state index contributed by atoms with van der Waals surface area (Å²) in [4.78, 5) is 60.3. The number of hydrogen-bond donors (Lipinski definition) is 4. The molecule has 1 aliphatic rings. The number of Topliss-reactive ketones (excluding diaryl/α,β-unsaturated/α-hetero) is 1. The predicted octanol–water partition coefficient (Wildman–Crippen LogP) is 1.18. The standard InChI is InChI=1S/C30H38N4O7/c1-18(31)28(37)33-20(3)30(39)34-19(2)29(38)32-14-8-9-21(35)15-40-17-27(36)41-16-26-24-12-6-4-10-22(24)23-11-5-7-13-25(23)26/h4-7,10-13,18-20,26H,8-9,14-17,31H2,1-3H3,(H,32,38)(H,33,37)(H,34,39). The normalized spacial score (nSPS) is 14.1. The van der Waals surface area contributed by atoms with E-state index in [9.17, 15) is 24.0 Å². The average molecular weight is 567 g/mol. The molecule has 41 heavy (non-hydrogen) atoms. The van der Waals surface area contributed by atoms with E-state index in [4.69, 9.17) is 15.2 Å². The second-order valence-electron chi connectivity index (χ2n) is 10.1. The monoisotopic (exact) mass is 566 g/mol. The summed E-state index contributed by atoms with van der Waals surface area (Å²) in [6.45, 7) is 4.32. The van der Waals surface area contributed by atoms with Gasteiger partial charge in [-0.25, -0.2) is 4.79 Å². The van der Waals surface area contributed by atoms with Crippen molar-refractivity contribution < 1.29 is 33.4 Å². The molecule has 3 amide bonds. The molecule has 0 aliphatic heterocycles. The summed E-state index contributed by atoms with van der Waals surface area (Å²) >= 11 is 0. The summed E-state index contributed by atoms with van der Waals surface area (Å²) in [5.41, 5.74) is 9.96. The minimum atomic E-state index is -0.852. The quantitative estimate of drug-likeness (QED) is 0.184. The molecule has 0 saturated carbocycles. The van der Waals surface area contributed by atoms with Crippen molar-refractivity contribution in [2.75, 3.05) is 26.4 Å². The minimum Gasteiger partial charge on any atom is -0.463 e. The first-order valence-corrected chi connectivity index (χ1v) is 13.7. The van der Waals surface area contributed by atoms with Crippen molar-refractivity contribution in [3.05, 3.63) is 59.7 Å². The lowest BCUT2D eigenvalue weighted by atomic mass is 9.98. The number of rotatable bonds is 15. The van der Waals surface area contributed by atoms with Crippen molar-refractivity contribution in [1.29, 1.82) is 0 Å². The smallest absolute Gasteiger partial charge is 0.332 e. The molecule has 0 aromatic heterocycles. The first-order valence-electron chi connectivity index (χ1n) is 13.7. The number of carbonyl (C=O) groups is 5. The second-order valence-corrected chi connectivity index (χ2v) is 10.1. The summed E-state index contributed by atoms with van der Waals surface area (Å²) in [6.07, 6.45) is 0.506. The lowest BCUT2D eigenvalue weighted by Crippen LogP contribution is -2.53. The van der Waals surface area contributed by atoms with Gasteiger partial charge in [0.2, 0.25) is 17.7 Å². The number of ketones is 1. The third kappa shape index (κ3) is 8.95. The third-order valence-corrected chi connectivity index (χ3v) is 6.71. The Balaban J connectivity index is 1.28. The molecule has 3 atom stereocenters. The second kappa shape index (κ2) is 15.1. The van der Waals surface area contributed by atoms with Gasteiger partial charge in [-0.05, 0) is 49.4 Å². The number of nitrogens with one attached hydrogen (secondary N) is 3. The van der Waals surface area contributed by atoms with Gasteiger partial charge in [0.15, 0.2) is 5.78 Å². The molecular weight excluding hydrogens is 528 g/mol. The highest BCUT2D eigenvalue weighted by Gasteiger charge is 2.29. The molecule has 0 fully saturated rings. The van der Waals surface area contributed by atoms with Crippen LogP contribution in [0.2, 0.25) is 0 Å². The van der Waals surface area contributed by atoms with Gasteiger partial charge in [0.1, 0.15) is 31.9 Å². The zero-order valence-corrected chi connectivity index (χ0v) is 23.6. The van der Waals surface area contributed by atoms with Gasteiger partial charge < -0.3 is 31.2 Å². The fourth-order valence-corrected chi connectivity index (χ4v) is 4.44. The lowest BCUT2D eigenvalue weighted by Gasteiger charge is -2.19. The van der Waals surface area contributed by atoms with Crippen LogP contribution < -0.4 is 21.7 Å². The Bertz CT molecular complexity index is 1220. The van der Waals surface area contributed by atoms with Crippen LogP contribution in [-0.2, 0) is 33.4 Å². The molecule has 5 N–H and O–H groups in total. The van der Waals surface area contributed by atoms with Crippen LogP contribution >= 0.6 is 0 Å². The largest absolute Gasteiger partial charge is 0.463 e. The zero-order chi connectivity index (χ0) is 29.9. The minimum absolute atomic E-state index is 0.0523. The Morgan fingerprint density at radius 2 is 1.37 bits per heavy atom. The number of nitrogens with two attached hydrogens (primary N) is 1. The van der Waals surface area contributed by atoms with Gasteiger partial charge in [-0.2, -0.15) is 0 Å². The molecule has 0 saturated heterocycles. The summed E-state index contributed by atoms with van der Waals surface area (Å²) < 4.78 is 10.7. The van der Waals surface area contributed by atoms with E-state index in [0.717, 1.165) is 22.3 Å². The molecule has 0 bridgehead atoms. The van der Waals surface area contributed by atoms with Crippen LogP contribution in [0.1, 0.15) is 50.7 Å². The third-order valence-electron chi connectivity index (χ3n) is 6.71. The summed E-state index contributed by atoms with van der Waals surface area (Å²) in [7, 11) is 0. The van der Waals surface area contributed by atoms with E-state index in [0.29, 0.717) is 6.42 Å². The van der Waals surface area contributed by atoms with Gasteiger partial charge in [-0.15, -0.1) is 0 Å². The Kier molecular flexibility index (Phi) is 11.5. The van der Waals surface area contributed by atoms with Crippen molar-refractivity contribution in [3.8, 4) is 11.1 Å². The van der Waals surface area contributed by atoms with Gasteiger partial charge in [0.05, 0.1) is 6.04 Å². The molecular formula is C30H38N4O7. The topological polar surface area (TPSA) is 166 Å². The van der Waals surface area contributed by atoms with Crippen molar-refractivity contribution in [2.24, 2.45) is 5.73 Å². The molecule has 0 spiro atoms. The van der Waals surface area contributed by atoms with Gasteiger partial charge in [-0.3, -0.25) is 19.2 Å². The lowest BCUT2D eigenvalue weighted by molar-refractivity contribution is -0.150. The number of amides is 3. The SMILES string of the molecule is CC(N)C(=O)NC(C)C(=O)NC(C)C(=O)NCCCC(=O)COCC(=O)OCC1c2ccccc2-c2ccccc21. The number of esters is 1. The summed E-state index contributed by atoms with van der Waals surface area (Å²) in [5.74, 6) is -2.24. The van der Waals surface area contributed by atoms with Crippen LogP contribution in [0, 0.1) is 0 Å². The van der Waals surface area contributed by atoms with E-state index in [2.05, 4.69) is 28.1 Å². The van der Waals surface area contributed by atoms with Crippen LogP contribution in [0.5, 0.6) is 0 Å². The van der Waals surface area contributed by atoms with Gasteiger partial charge >= 0.3 is 5.97 Å². The Morgan fingerprint density at radius 1 is 0.805 bits per heavy atom. The fourth-order valence-electron chi connectivity index (χ4n) is 4.44. The van der Waals surface area contributed by atoms with Gasteiger partial charge in [0.25, 0.3) is 0 Å². The van der Waals surface area contributed by atoms with Crippen LogP contribution in [0.3, 0.4) is 0 Å². The van der Waals surface area contributed by atoms with Crippen molar-refractivity contribution in [1.82, 2.24) is 16.0 Å². The Morgan fingerprint density at radius 3 is 1.98 bits per heavy atom.